The molecule has 0 aliphatic carbocycles. The van der Waals surface area contributed by atoms with Crippen LogP contribution in [0.4, 0.5) is 0 Å². The topological polar surface area (TPSA) is 63.7 Å². The molecule has 3 rings (SSSR count). The molecule has 1 aliphatic rings. The Kier molecular flexibility index (Phi) is 7.19. The first kappa shape index (κ1) is 20.8. The second-order valence-electron chi connectivity index (χ2n) is 6.73. The van der Waals surface area contributed by atoms with Crippen molar-refractivity contribution < 1.29 is 14.3 Å². The molecular formula is C22H25N3O3S. The van der Waals surface area contributed by atoms with E-state index in [1.807, 2.05) is 24.4 Å². The molecule has 0 unspecified atom stereocenters. The molecule has 1 aliphatic heterocycles. The minimum Gasteiger partial charge on any atom is -0.493 e. The van der Waals surface area contributed by atoms with Crippen molar-refractivity contribution in [2.45, 2.75) is 25.3 Å². The summed E-state index contributed by atoms with van der Waals surface area (Å²) in [5.74, 6) is 0.986. The molecule has 1 amide bonds. The van der Waals surface area contributed by atoms with Crippen molar-refractivity contribution in [3.8, 4) is 11.5 Å². The Hall–Kier alpha value is -2.93. The number of nitrogens with zero attached hydrogens (tertiary/aromatic N) is 2. The van der Waals surface area contributed by atoms with E-state index in [2.05, 4.69) is 21.3 Å². The Morgan fingerprint density at radius 1 is 1.24 bits per heavy atom. The van der Waals surface area contributed by atoms with E-state index in [1.165, 1.54) is 6.08 Å². The molecule has 1 aromatic carbocycles. The molecule has 2 heterocycles. The number of carbonyl (C=O) groups excluding carboxylic acids is 1. The first-order chi connectivity index (χ1) is 14.1. The van der Waals surface area contributed by atoms with Crippen LogP contribution in [-0.2, 0) is 4.79 Å². The average molecular weight is 412 g/mol. The highest BCUT2D eigenvalue weighted by molar-refractivity contribution is 7.80. The predicted molar refractivity (Wildman–Crippen MR) is 117 cm³/mol. The zero-order chi connectivity index (χ0) is 20.6. The number of likely N-dealkylation sites (tertiary alicyclic amines) is 1. The fraction of sp³-hybridized carbons (Fsp3) is 0.318. The van der Waals surface area contributed by atoms with Crippen molar-refractivity contribution in [1.82, 2.24) is 15.2 Å². The third kappa shape index (κ3) is 5.32. The van der Waals surface area contributed by atoms with Crippen LogP contribution < -0.4 is 14.8 Å². The Morgan fingerprint density at radius 2 is 2.07 bits per heavy atom. The van der Waals surface area contributed by atoms with Crippen LogP contribution in [0, 0.1) is 0 Å². The van der Waals surface area contributed by atoms with Crippen LogP contribution in [0.25, 0.3) is 6.08 Å². The molecular weight excluding hydrogens is 386 g/mol. The van der Waals surface area contributed by atoms with Gasteiger partial charge in [-0.25, -0.2) is 0 Å². The third-order valence-electron chi connectivity index (χ3n) is 4.90. The lowest BCUT2D eigenvalue weighted by molar-refractivity contribution is -0.115. The summed E-state index contributed by atoms with van der Waals surface area (Å²) in [6.07, 6.45) is 9.98. The Morgan fingerprint density at radius 3 is 2.79 bits per heavy atom. The van der Waals surface area contributed by atoms with E-state index in [0.717, 1.165) is 36.9 Å². The number of aromatic nitrogens is 1. The highest BCUT2D eigenvalue weighted by Crippen LogP contribution is 2.30. The number of hydrogen-bond acceptors (Lipinski definition) is 5. The monoisotopic (exact) mass is 411 g/mol. The molecule has 6 nitrogen and oxygen atoms in total. The predicted octanol–water partition coefficient (Wildman–Crippen LogP) is 3.74. The van der Waals surface area contributed by atoms with Gasteiger partial charge in [0.15, 0.2) is 16.6 Å². The molecule has 0 radical (unpaired) electrons. The van der Waals surface area contributed by atoms with Crippen molar-refractivity contribution in [2.75, 3.05) is 20.8 Å². The Balaban J connectivity index is 1.65. The summed E-state index contributed by atoms with van der Waals surface area (Å²) in [6.45, 7) is 0.818. The lowest BCUT2D eigenvalue weighted by Crippen LogP contribution is -2.46. The van der Waals surface area contributed by atoms with Gasteiger partial charge in [0.1, 0.15) is 0 Å². The molecule has 0 spiro atoms. The van der Waals surface area contributed by atoms with Gasteiger partial charge >= 0.3 is 0 Å². The normalized spacial score (nSPS) is 16.5. The van der Waals surface area contributed by atoms with Gasteiger partial charge in [-0.05, 0) is 66.9 Å². The van der Waals surface area contributed by atoms with Crippen molar-refractivity contribution >= 4 is 29.3 Å². The molecule has 0 saturated carbocycles. The number of pyridine rings is 1. The van der Waals surface area contributed by atoms with Crippen molar-refractivity contribution in [2.24, 2.45) is 0 Å². The van der Waals surface area contributed by atoms with Gasteiger partial charge in [0, 0.05) is 25.0 Å². The number of methoxy groups -OCH3 is 2. The van der Waals surface area contributed by atoms with Crippen molar-refractivity contribution in [3.05, 3.63) is 59.9 Å². The fourth-order valence-electron chi connectivity index (χ4n) is 3.44. The van der Waals surface area contributed by atoms with Gasteiger partial charge in [-0.3, -0.25) is 15.1 Å². The van der Waals surface area contributed by atoms with E-state index >= 15 is 0 Å². The molecule has 2 aromatic rings. The molecule has 29 heavy (non-hydrogen) atoms. The zero-order valence-electron chi connectivity index (χ0n) is 16.6. The fourth-order valence-corrected chi connectivity index (χ4v) is 3.76. The molecule has 1 N–H and O–H groups in total. The molecule has 1 saturated heterocycles. The van der Waals surface area contributed by atoms with Gasteiger partial charge in [-0.1, -0.05) is 12.1 Å². The van der Waals surface area contributed by atoms with E-state index in [0.29, 0.717) is 16.6 Å². The van der Waals surface area contributed by atoms with Crippen LogP contribution in [0.1, 0.15) is 36.4 Å². The third-order valence-corrected chi connectivity index (χ3v) is 5.23. The number of hydrogen-bond donors (Lipinski definition) is 1. The van der Waals surface area contributed by atoms with Crippen LogP contribution in [0.3, 0.4) is 0 Å². The summed E-state index contributed by atoms with van der Waals surface area (Å²) in [6, 6.07) is 9.58. The maximum atomic E-state index is 12.4. The van der Waals surface area contributed by atoms with E-state index in [1.54, 1.807) is 32.6 Å². The van der Waals surface area contributed by atoms with E-state index in [4.69, 9.17) is 21.7 Å². The van der Waals surface area contributed by atoms with E-state index in [9.17, 15) is 4.79 Å². The number of benzene rings is 1. The summed E-state index contributed by atoms with van der Waals surface area (Å²) in [5, 5.41) is 3.27. The highest BCUT2D eigenvalue weighted by Gasteiger charge is 2.26. The number of piperidine rings is 1. The van der Waals surface area contributed by atoms with Crippen LogP contribution in [-0.4, -0.2) is 41.7 Å². The molecule has 1 fully saturated rings. The number of amides is 1. The van der Waals surface area contributed by atoms with Gasteiger partial charge in [-0.2, -0.15) is 0 Å². The lowest BCUT2D eigenvalue weighted by Gasteiger charge is -2.37. The van der Waals surface area contributed by atoms with Crippen LogP contribution in [0.5, 0.6) is 11.5 Å². The summed E-state index contributed by atoms with van der Waals surface area (Å²) < 4.78 is 10.5. The SMILES string of the molecule is COc1ccc(/C=C/C(=O)NC(=S)N2CCCC[C@H]2c2cccnc2)cc1OC. The van der Waals surface area contributed by atoms with Crippen LogP contribution in [0.15, 0.2) is 48.8 Å². The van der Waals surface area contributed by atoms with Gasteiger partial charge in [0.2, 0.25) is 5.91 Å². The van der Waals surface area contributed by atoms with Gasteiger partial charge in [-0.15, -0.1) is 0 Å². The minimum atomic E-state index is -0.264. The number of carbonyl (C=O) groups is 1. The highest BCUT2D eigenvalue weighted by atomic mass is 32.1. The van der Waals surface area contributed by atoms with Crippen molar-refractivity contribution in [3.63, 3.8) is 0 Å². The second kappa shape index (κ2) is 10.0. The molecule has 1 atom stereocenters. The molecule has 1 aromatic heterocycles. The molecule has 152 valence electrons. The second-order valence-corrected chi connectivity index (χ2v) is 7.12. The van der Waals surface area contributed by atoms with Crippen molar-refractivity contribution in [1.29, 1.82) is 0 Å². The van der Waals surface area contributed by atoms with Gasteiger partial charge < -0.3 is 14.4 Å². The maximum absolute atomic E-state index is 12.4. The molecule has 0 bridgehead atoms. The summed E-state index contributed by atoms with van der Waals surface area (Å²) in [4.78, 5) is 18.7. The number of rotatable bonds is 5. The van der Waals surface area contributed by atoms with Crippen LogP contribution in [0.2, 0.25) is 0 Å². The standard InChI is InChI=1S/C22H25N3O3S/c1-27-19-10-8-16(14-20(19)28-2)9-11-21(26)24-22(29)25-13-4-3-7-18(25)17-6-5-12-23-15-17/h5-6,8-12,14-15,18H,3-4,7,13H2,1-2H3,(H,24,26,29)/b11-9+/t18-/m0/s1. The van der Waals surface area contributed by atoms with E-state index in [-0.39, 0.29) is 11.9 Å². The summed E-state index contributed by atoms with van der Waals surface area (Å²) in [7, 11) is 3.16. The quantitative estimate of drug-likeness (QED) is 0.597. The maximum Gasteiger partial charge on any atom is 0.250 e. The van der Waals surface area contributed by atoms with Gasteiger partial charge in [0.25, 0.3) is 0 Å². The first-order valence-electron chi connectivity index (χ1n) is 9.54. The lowest BCUT2D eigenvalue weighted by atomic mass is 9.97. The smallest absolute Gasteiger partial charge is 0.250 e. The number of nitrogens with one attached hydrogen (secondary N) is 1. The van der Waals surface area contributed by atoms with Crippen LogP contribution >= 0.6 is 12.2 Å². The average Bonchev–Trinajstić information content (AvgIpc) is 2.78. The first-order valence-corrected chi connectivity index (χ1v) is 9.95. The zero-order valence-corrected chi connectivity index (χ0v) is 17.4. The largest absolute Gasteiger partial charge is 0.493 e. The van der Waals surface area contributed by atoms with E-state index < -0.39 is 0 Å². The Bertz CT molecular complexity index is 886. The minimum absolute atomic E-state index is 0.139. The Labute approximate surface area is 176 Å². The summed E-state index contributed by atoms with van der Waals surface area (Å²) in [5.41, 5.74) is 1.94. The number of thiocarbonyl (C=S) groups is 1. The van der Waals surface area contributed by atoms with Gasteiger partial charge in [0.05, 0.1) is 20.3 Å². The summed E-state index contributed by atoms with van der Waals surface area (Å²) >= 11 is 5.53. The number of ether oxygens (including phenoxy) is 2. The molecule has 7 heteroatoms.